The Labute approximate surface area is 63.8 Å². The second-order valence-corrected chi connectivity index (χ2v) is 2.61. The van der Waals surface area contributed by atoms with Crippen LogP contribution in [0.5, 0.6) is 0 Å². The van der Waals surface area contributed by atoms with Crippen LogP contribution in [0.4, 0.5) is 0 Å². The number of hydrogen-bond donors (Lipinski definition) is 1. The molecular formula is C8H7NO2. The molecule has 0 radical (unpaired) electrons. The van der Waals surface area contributed by atoms with Crippen LogP contribution in [0.3, 0.4) is 0 Å². The maximum absolute atomic E-state index is 11.1. The summed E-state index contributed by atoms with van der Waals surface area (Å²) in [6, 6.07) is 0. The highest BCUT2D eigenvalue weighted by Crippen LogP contribution is 2.19. The van der Waals surface area contributed by atoms with Crippen LogP contribution in [0, 0.1) is 0 Å². The predicted octanol–water partition coefficient (Wildman–Crippen LogP) is -0.0582. The molecule has 2 rings (SSSR count). The fourth-order valence-corrected chi connectivity index (χ4v) is 1.36. The Balaban J connectivity index is 2.49. The van der Waals surface area contributed by atoms with Gasteiger partial charge < -0.3 is 5.32 Å². The van der Waals surface area contributed by atoms with Gasteiger partial charge in [-0.2, -0.15) is 0 Å². The number of Topliss-reactive ketones (excluding diaryl/α,β-unsaturated/α-hetero) is 1. The van der Waals surface area contributed by atoms with Crippen molar-refractivity contribution in [3.8, 4) is 0 Å². The van der Waals surface area contributed by atoms with Gasteiger partial charge in [-0.3, -0.25) is 9.59 Å². The Kier molecular flexibility index (Phi) is 1.18. The molecule has 1 aliphatic carbocycles. The van der Waals surface area contributed by atoms with Crippen molar-refractivity contribution in [1.29, 1.82) is 0 Å². The molecule has 0 saturated heterocycles. The van der Waals surface area contributed by atoms with Gasteiger partial charge in [-0.1, -0.05) is 12.2 Å². The van der Waals surface area contributed by atoms with Crippen LogP contribution in [-0.4, -0.2) is 18.2 Å². The van der Waals surface area contributed by atoms with Crippen LogP contribution in [0.15, 0.2) is 23.3 Å². The van der Waals surface area contributed by atoms with Crippen molar-refractivity contribution < 1.29 is 9.59 Å². The van der Waals surface area contributed by atoms with Gasteiger partial charge in [0, 0.05) is 13.0 Å². The Bertz CT molecular complexity index is 299. The number of allylic oxidation sites excluding steroid dienone is 1. The Morgan fingerprint density at radius 3 is 2.91 bits per heavy atom. The van der Waals surface area contributed by atoms with Crippen LogP contribution in [0.25, 0.3) is 0 Å². The van der Waals surface area contributed by atoms with Crippen molar-refractivity contribution in [2.75, 3.05) is 6.54 Å². The molecule has 1 aliphatic heterocycles. The van der Waals surface area contributed by atoms with E-state index in [1.807, 2.05) is 6.08 Å². The van der Waals surface area contributed by atoms with Crippen molar-refractivity contribution in [2.24, 2.45) is 0 Å². The first-order valence-electron chi connectivity index (χ1n) is 3.50. The molecule has 0 spiro atoms. The average Bonchev–Trinajstić information content (AvgIpc) is 2.34. The molecule has 1 amide bonds. The van der Waals surface area contributed by atoms with Gasteiger partial charge in [0.05, 0.1) is 5.57 Å². The Morgan fingerprint density at radius 2 is 2.18 bits per heavy atom. The van der Waals surface area contributed by atoms with Gasteiger partial charge in [-0.15, -0.1) is 0 Å². The van der Waals surface area contributed by atoms with E-state index in [9.17, 15) is 9.59 Å². The summed E-state index contributed by atoms with van der Waals surface area (Å²) < 4.78 is 0. The molecule has 0 fully saturated rings. The van der Waals surface area contributed by atoms with Gasteiger partial charge in [-0.05, 0) is 5.57 Å². The largest absolute Gasteiger partial charge is 0.348 e. The first-order valence-corrected chi connectivity index (χ1v) is 3.50. The molecule has 0 aromatic carbocycles. The van der Waals surface area contributed by atoms with Crippen LogP contribution < -0.4 is 5.32 Å². The summed E-state index contributed by atoms with van der Waals surface area (Å²) in [7, 11) is 0. The first kappa shape index (κ1) is 6.34. The highest BCUT2D eigenvalue weighted by Gasteiger charge is 2.27. The molecule has 1 N–H and O–H groups in total. The van der Waals surface area contributed by atoms with Gasteiger partial charge in [-0.25, -0.2) is 0 Å². The van der Waals surface area contributed by atoms with Crippen molar-refractivity contribution in [2.45, 2.75) is 6.42 Å². The van der Waals surface area contributed by atoms with Gasteiger partial charge >= 0.3 is 0 Å². The molecule has 0 aromatic rings. The van der Waals surface area contributed by atoms with Crippen molar-refractivity contribution in [3.05, 3.63) is 23.3 Å². The summed E-state index contributed by atoms with van der Waals surface area (Å²) in [6.45, 7) is 0.510. The van der Waals surface area contributed by atoms with Crippen LogP contribution in [-0.2, 0) is 9.59 Å². The van der Waals surface area contributed by atoms with Crippen molar-refractivity contribution >= 4 is 11.7 Å². The maximum atomic E-state index is 11.1. The van der Waals surface area contributed by atoms with E-state index in [1.165, 1.54) is 0 Å². The zero-order valence-electron chi connectivity index (χ0n) is 5.89. The highest BCUT2D eigenvalue weighted by molar-refractivity contribution is 6.22. The number of carbonyl (C=O) groups is 2. The molecule has 3 heteroatoms. The lowest BCUT2D eigenvalue weighted by Crippen LogP contribution is -2.20. The molecule has 11 heavy (non-hydrogen) atoms. The molecule has 2 aliphatic rings. The van der Waals surface area contributed by atoms with E-state index in [1.54, 1.807) is 6.08 Å². The van der Waals surface area contributed by atoms with Gasteiger partial charge in [0.25, 0.3) is 5.91 Å². The monoisotopic (exact) mass is 149 g/mol. The molecular weight excluding hydrogens is 142 g/mol. The average molecular weight is 149 g/mol. The van der Waals surface area contributed by atoms with Crippen LogP contribution in [0.1, 0.15) is 6.42 Å². The lowest BCUT2D eigenvalue weighted by Gasteiger charge is -2.02. The standard InChI is InChI=1S/C8H7NO2/c10-6-3-1-2-5-4-9-8(11)7(5)6/h1-2H,3-4H2,(H,9,11). The van der Waals surface area contributed by atoms with Crippen molar-refractivity contribution in [1.82, 2.24) is 5.32 Å². The summed E-state index contributed by atoms with van der Waals surface area (Å²) in [4.78, 5) is 22.1. The van der Waals surface area contributed by atoms with Gasteiger partial charge in [0.15, 0.2) is 5.78 Å². The summed E-state index contributed by atoms with van der Waals surface area (Å²) in [5, 5.41) is 2.61. The topological polar surface area (TPSA) is 46.2 Å². The third kappa shape index (κ3) is 0.808. The fraction of sp³-hybridized carbons (Fsp3) is 0.250. The fourth-order valence-electron chi connectivity index (χ4n) is 1.36. The molecule has 0 saturated carbocycles. The lowest BCUT2D eigenvalue weighted by atomic mass is 9.99. The van der Waals surface area contributed by atoms with Crippen LogP contribution in [0.2, 0.25) is 0 Å². The summed E-state index contributed by atoms with van der Waals surface area (Å²) in [5.74, 6) is -0.271. The number of hydrogen-bond acceptors (Lipinski definition) is 2. The quantitative estimate of drug-likeness (QED) is 0.490. The molecule has 0 atom stereocenters. The molecule has 3 nitrogen and oxygen atoms in total. The number of rotatable bonds is 0. The zero-order valence-corrected chi connectivity index (χ0v) is 5.89. The van der Waals surface area contributed by atoms with Crippen LogP contribution >= 0.6 is 0 Å². The lowest BCUT2D eigenvalue weighted by molar-refractivity contribution is -0.121. The summed E-state index contributed by atoms with van der Waals surface area (Å²) >= 11 is 0. The number of ketones is 1. The smallest absolute Gasteiger partial charge is 0.255 e. The highest BCUT2D eigenvalue weighted by atomic mass is 16.2. The normalized spacial score (nSPS) is 22.2. The molecule has 56 valence electrons. The third-order valence-electron chi connectivity index (χ3n) is 1.89. The number of nitrogens with one attached hydrogen (secondary N) is 1. The van der Waals surface area contributed by atoms with E-state index >= 15 is 0 Å². The third-order valence-corrected chi connectivity index (χ3v) is 1.89. The molecule has 1 heterocycles. The molecule has 0 unspecified atom stereocenters. The van der Waals surface area contributed by atoms with Gasteiger partial charge in [0.1, 0.15) is 0 Å². The molecule has 0 aromatic heterocycles. The number of carbonyl (C=O) groups excluding carboxylic acids is 2. The van der Waals surface area contributed by atoms with E-state index in [0.717, 1.165) is 5.57 Å². The minimum Gasteiger partial charge on any atom is -0.348 e. The van der Waals surface area contributed by atoms with Crippen molar-refractivity contribution in [3.63, 3.8) is 0 Å². The van der Waals surface area contributed by atoms with E-state index in [4.69, 9.17) is 0 Å². The van der Waals surface area contributed by atoms with E-state index < -0.39 is 0 Å². The predicted molar refractivity (Wildman–Crippen MR) is 38.8 cm³/mol. The number of amides is 1. The van der Waals surface area contributed by atoms with E-state index in [2.05, 4.69) is 5.32 Å². The zero-order chi connectivity index (χ0) is 7.84. The molecule has 0 bridgehead atoms. The van der Waals surface area contributed by atoms with E-state index in [-0.39, 0.29) is 11.7 Å². The first-order chi connectivity index (χ1) is 5.29. The Morgan fingerprint density at radius 1 is 1.36 bits per heavy atom. The second kappa shape index (κ2) is 2.05. The Hall–Kier alpha value is -1.38. The summed E-state index contributed by atoms with van der Waals surface area (Å²) in [5.41, 5.74) is 1.21. The minimum atomic E-state index is -0.214. The maximum Gasteiger partial charge on any atom is 0.255 e. The SMILES string of the molecule is O=C1CC=CC2=C1C(=O)NC2. The second-order valence-electron chi connectivity index (χ2n) is 2.61. The van der Waals surface area contributed by atoms with Gasteiger partial charge in [0.2, 0.25) is 0 Å². The minimum absolute atomic E-state index is 0.0579. The summed E-state index contributed by atoms with van der Waals surface area (Å²) in [6.07, 6.45) is 4.00. The van der Waals surface area contributed by atoms with E-state index in [0.29, 0.717) is 18.5 Å².